The molecule has 0 unspecified atom stereocenters. The van der Waals surface area contributed by atoms with Crippen LogP contribution in [0.4, 0.5) is 0 Å². The van der Waals surface area contributed by atoms with E-state index in [9.17, 15) is 5.11 Å². The zero-order valence-electron chi connectivity index (χ0n) is 18.0. The number of benzene rings is 2. The molecule has 0 aromatic heterocycles. The van der Waals surface area contributed by atoms with Gasteiger partial charge in [-0.25, -0.2) is 0 Å². The van der Waals surface area contributed by atoms with Gasteiger partial charge in [-0.2, -0.15) is 0 Å². The molecule has 0 fully saturated rings. The molecule has 0 amide bonds. The average molecular weight is 397 g/mol. The molecule has 4 rings (SSSR count). The Morgan fingerprint density at radius 1 is 1.21 bits per heavy atom. The van der Waals surface area contributed by atoms with Crippen LogP contribution in [0.5, 0.6) is 23.0 Å². The Kier molecular flexibility index (Phi) is 5.37. The van der Waals surface area contributed by atoms with Crippen molar-refractivity contribution in [3.05, 3.63) is 47.0 Å². The van der Waals surface area contributed by atoms with Gasteiger partial charge in [-0.3, -0.25) is 0 Å². The molecule has 0 bridgehead atoms. The molecule has 0 spiro atoms. The Morgan fingerprint density at radius 2 is 2.03 bits per heavy atom. The minimum absolute atomic E-state index is 0.122. The third-order valence-electron chi connectivity index (χ3n) is 5.96. The number of ether oxygens (including phenoxy) is 3. The van der Waals surface area contributed by atoms with Crippen LogP contribution in [0.25, 0.3) is 0 Å². The predicted octanol–water partition coefficient (Wildman–Crippen LogP) is 5.64. The van der Waals surface area contributed by atoms with E-state index in [1.165, 1.54) is 11.1 Å². The number of hydrogen-bond donors (Lipinski definition) is 1. The van der Waals surface area contributed by atoms with Gasteiger partial charge in [-0.15, -0.1) is 0 Å². The first kappa shape index (κ1) is 19.9. The van der Waals surface area contributed by atoms with Gasteiger partial charge in [0.15, 0.2) is 0 Å². The molecule has 2 aliphatic heterocycles. The molecule has 156 valence electrons. The fourth-order valence-electron chi connectivity index (χ4n) is 4.18. The lowest BCUT2D eigenvalue weighted by atomic mass is 9.86. The molecular weight excluding hydrogens is 364 g/mol. The highest BCUT2D eigenvalue weighted by molar-refractivity contribution is 5.54. The summed E-state index contributed by atoms with van der Waals surface area (Å²) in [6.07, 6.45) is 3.82. The quantitative estimate of drug-likeness (QED) is 0.710. The summed E-state index contributed by atoms with van der Waals surface area (Å²) in [5, 5.41) is 10.6. The molecule has 0 saturated carbocycles. The molecule has 2 heterocycles. The highest BCUT2D eigenvalue weighted by atomic mass is 16.5. The van der Waals surface area contributed by atoms with Crippen molar-refractivity contribution < 1.29 is 19.3 Å². The molecule has 0 saturated heterocycles. The fraction of sp³-hybridized carbons (Fsp3) is 0.520. The summed E-state index contributed by atoms with van der Waals surface area (Å²) in [7, 11) is 0. The first-order chi connectivity index (χ1) is 13.8. The third-order valence-corrected chi connectivity index (χ3v) is 5.96. The zero-order valence-corrected chi connectivity index (χ0v) is 18.0. The monoisotopic (exact) mass is 396 g/mol. The van der Waals surface area contributed by atoms with Crippen LogP contribution in [0.15, 0.2) is 30.3 Å². The molecule has 2 aliphatic rings. The van der Waals surface area contributed by atoms with E-state index in [-0.39, 0.29) is 17.3 Å². The Balaban J connectivity index is 1.49. The number of hydrogen-bond acceptors (Lipinski definition) is 4. The van der Waals surface area contributed by atoms with Crippen molar-refractivity contribution >= 4 is 0 Å². The summed E-state index contributed by atoms with van der Waals surface area (Å²) in [4.78, 5) is 0. The molecule has 4 nitrogen and oxygen atoms in total. The number of fused-ring (bicyclic) bond motifs is 3. The lowest BCUT2D eigenvalue weighted by Gasteiger charge is -2.35. The van der Waals surface area contributed by atoms with E-state index in [4.69, 9.17) is 14.2 Å². The summed E-state index contributed by atoms with van der Waals surface area (Å²) in [5.41, 5.74) is 3.18. The maximum absolute atomic E-state index is 10.6. The zero-order chi connectivity index (χ0) is 20.6. The van der Waals surface area contributed by atoms with E-state index in [2.05, 4.69) is 39.8 Å². The molecule has 4 heteroatoms. The van der Waals surface area contributed by atoms with Crippen molar-refractivity contribution in [2.45, 2.75) is 64.9 Å². The SMILES string of the molecule is CC(C)CCOc1ccc([C@@H]2COc3c(ccc4c3CCC(C)(C)O4)C2)c(O)c1. The van der Waals surface area contributed by atoms with E-state index < -0.39 is 0 Å². The second kappa shape index (κ2) is 7.81. The van der Waals surface area contributed by atoms with E-state index in [0.29, 0.717) is 19.1 Å². The maximum Gasteiger partial charge on any atom is 0.129 e. The summed E-state index contributed by atoms with van der Waals surface area (Å²) >= 11 is 0. The smallest absolute Gasteiger partial charge is 0.129 e. The second-order valence-corrected chi connectivity index (χ2v) is 9.36. The van der Waals surface area contributed by atoms with Crippen molar-refractivity contribution in [1.29, 1.82) is 0 Å². The van der Waals surface area contributed by atoms with Gasteiger partial charge in [0, 0.05) is 23.1 Å². The minimum atomic E-state index is -0.122. The summed E-state index contributed by atoms with van der Waals surface area (Å²) < 4.78 is 18.1. The molecule has 0 aliphatic carbocycles. The van der Waals surface area contributed by atoms with Gasteiger partial charge < -0.3 is 19.3 Å². The van der Waals surface area contributed by atoms with E-state index in [1.807, 2.05) is 12.1 Å². The standard InChI is InChI=1S/C25H32O4/c1-16(2)10-12-27-19-6-7-20(22(26)14-19)18-13-17-5-8-23-21(24(17)28-15-18)9-11-25(3,4)29-23/h5-8,14,16,18,26H,9-13,15H2,1-4H3/t18-/m0/s1. The van der Waals surface area contributed by atoms with Crippen LogP contribution in [0.3, 0.4) is 0 Å². The van der Waals surface area contributed by atoms with Crippen LogP contribution < -0.4 is 14.2 Å². The lowest BCUT2D eigenvalue weighted by molar-refractivity contribution is 0.0826. The molecule has 2 aromatic rings. The van der Waals surface area contributed by atoms with Crippen molar-refractivity contribution in [2.75, 3.05) is 13.2 Å². The van der Waals surface area contributed by atoms with Crippen LogP contribution in [0.1, 0.15) is 63.1 Å². The Labute approximate surface area is 173 Å². The molecule has 0 radical (unpaired) electrons. The average Bonchev–Trinajstić information content (AvgIpc) is 2.66. The highest BCUT2D eigenvalue weighted by Gasteiger charge is 2.32. The molecule has 1 atom stereocenters. The fourth-order valence-corrected chi connectivity index (χ4v) is 4.18. The number of rotatable bonds is 5. The number of phenolic OH excluding ortho intramolecular Hbond substituents is 1. The van der Waals surface area contributed by atoms with Crippen LogP contribution in [0.2, 0.25) is 0 Å². The van der Waals surface area contributed by atoms with Crippen molar-refractivity contribution in [3.63, 3.8) is 0 Å². The van der Waals surface area contributed by atoms with Crippen LogP contribution in [0, 0.1) is 5.92 Å². The minimum Gasteiger partial charge on any atom is -0.508 e. The first-order valence-corrected chi connectivity index (χ1v) is 10.7. The van der Waals surface area contributed by atoms with Gasteiger partial charge in [-0.1, -0.05) is 26.0 Å². The van der Waals surface area contributed by atoms with Gasteiger partial charge in [0.2, 0.25) is 0 Å². The van der Waals surface area contributed by atoms with Gasteiger partial charge in [0.1, 0.15) is 28.6 Å². The molecule has 2 aromatic carbocycles. The first-order valence-electron chi connectivity index (χ1n) is 10.7. The van der Waals surface area contributed by atoms with E-state index in [0.717, 1.165) is 48.5 Å². The van der Waals surface area contributed by atoms with Gasteiger partial charge in [-0.05, 0) is 63.1 Å². The highest BCUT2D eigenvalue weighted by Crippen LogP contribution is 2.45. The Hall–Kier alpha value is -2.36. The van der Waals surface area contributed by atoms with Crippen molar-refractivity contribution in [1.82, 2.24) is 0 Å². The van der Waals surface area contributed by atoms with Gasteiger partial charge in [0.05, 0.1) is 13.2 Å². The van der Waals surface area contributed by atoms with Crippen LogP contribution in [-0.2, 0) is 12.8 Å². The lowest BCUT2D eigenvalue weighted by Crippen LogP contribution is -2.33. The Morgan fingerprint density at radius 3 is 2.79 bits per heavy atom. The van der Waals surface area contributed by atoms with Crippen molar-refractivity contribution in [3.8, 4) is 23.0 Å². The van der Waals surface area contributed by atoms with Crippen molar-refractivity contribution in [2.24, 2.45) is 5.92 Å². The van der Waals surface area contributed by atoms with E-state index >= 15 is 0 Å². The largest absolute Gasteiger partial charge is 0.508 e. The van der Waals surface area contributed by atoms with Crippen LogP contribution in [-0.4, -0.2) is 23.9 Å². The van der Waals surface area contributed by atoms with Crippen LogP contribution >= 0.6 is 0 Å². The molecular formula is C25H32O4. The summed E-state index contributed by atoms with van der Waals surface area (Å²) in [6, 6.07) is 9.85. The maximum atomic E-state index is 10.6. The van der Waals surface area contributed by atoms with E-state index in [1.54, 1.807) is 6.07 Å². The van der Waals surface area contributed by atoms with Gasteiger partial charge >= 0.3 is 0 Å². The Bertz CT molecular complexity index is 885. The van der Waals surface area contributed by atoms with Gasteiger partial charge in [0.25, 0.3) is 0 Å². The second-order valence-electron chi connectivity index (χ2n) is 9.36. The number of phenols is 1. The normalized spacial score (nSPS) is 19.7. The third kappa shape index (κ3) is 4.31. The summed E-state index contributed by atoms with van der Waals surface area (Å²) in [6.45, 7) is 9.84. The topological polar surface area (TPSA) is 47.9 Å². The number of aromatic hydroxyl groups is 1. The molecule has 1 N–H and O–H groups in total. The predicted molar refractivity (Wildman–Crippen MR) is 114 cm³/mol. The molecule has 29 heavy (non-hydrogen) atoms. The summed E-state index contributed by atoms with van der Waals surface area (Å²) in [5.74, 6) is 3.67.